The van der Waals surface area contributed by atoms with Gasteiger partial charge in [-0.15, -0.1) is 0 Å². The molecule has 2 saturated heterocycles. The molecule has 2 fully saturated rings. The molecule has 1 spiro atoms. The molecular weight excluding hydrogens is 388 g/mol. The second-order valence-corrected chi connectivity index (χ2v) is 9.16. The number of aromatic nitrogens is 2. The number of pyridine rings is 1. The molecule has 3 aromatic rings. The van der Waals surface area contributed by atoms with Crippen LogP contribution in [0.4, 0.5) is 0 Å². The van der Waals surface area contributed by atoms with Crippen molar-refractivity contribution in [2.75, 3.05) is 26.3 Å². The third-order valence-corrected chi connectivity index (χ3v) is 7.08. The lowest BCUT2D eigenvalue weighted by atomic mass is 9.83. The zero-order valence-corrected chi connectivity index (χ0v) is 18.5. The Balaban J connectivity index is 1.51. The molecule has 0 bridgehead atoms. The van der Waals surface area contributed by atoms with Crippen molar-refractivity contribution in [3.05, 3.63) is 65.1 Å². The first-order chi connectivity index (χ1) is 15.0. The SMILES string of the molecule is Cc1ccc2c(CN3C[C@@H](c4cccnc4)[C@@]4(COCCC(=O)N4)C3)c(C)n(C)c2c1. The summed E-state index contributed by atoms with van der Waals surface area (Å²) >= 11 is 0. The van der Waals surface area contributed by atoms with Gasteiger partial charge in [0.15, 0.2) is 0 Å². The van der Waals surface area contributed by atoms with E-state index in [9.17, 15) is 4.79 Å². The summed E-state index contributed by atoms with van der Waals surface area (Å²) in [5, 5.41) is 4.66. The molecule has 6 nitrogen and oxygen atoms in total. The van der Waals surface area contributed by atoms with Gasteiger partial charge in [0, 0.05) is 68.0 Å². The standard InChI is InChI=1S/C25H30N4O2/c1-17-6-7-20-21(18(2)28(3)23(20)11-17)13-29-14-22(19-5-4-9-26-12-19)25(15-29)16-31-10-8-24(30)27-25/h4-7,9,11-12,22H,8,10,13-16H2,1-3H3,(H,27,30)/t22-,25-/m0/s1. The molecule has 1 N–H and O–H groups in total. The van der Waals surface area contributed by atoms with E-state index in [1.165, 1.54) is 27.7 Å². The molecule has 1 aromatic carbocycles. The Morgan fingerprint density at radius 3 is 2.97 bits per heavy atom. The lowest BCUT2D eigenvalue weighted by Gasteiger charge is -2.34. The van der Waals surface area contributed by atoms with Gasteiger partial charge in [0.1, 0.15) is 0 Å². The normalized spacial score (nSPS) is 24.6. The van der Waals surface area contributed by atoms with E-state index < -0.39 is 5.54 Å². The molecule has 4 heterocycles. The van der Waals surface area contributed by atoms with Crippen molar-refractivity contribution < 1.29 is 9.53 Å². The van der Waals surface area contributed by atoms with Crippen molar-refractivity contribution in [3.8, 4) is 0 Å². The van der Waals surface area contributed by atoms with Crippen LogP contribution in [0.2, 0.25) is 0 Å². The first-order valence-corrected chi connectivity index (χ1v) is 11.0. The quantitative estimate of drug-likeness (QED) is 0.710. The number of rotatable bonds is 3. The molecule has 0 saturated carbocycles. The molecule has 0 radical (unpaired) electrons. The highest BCUT2D eigenvalue weighted by atomic mass is 16.5. The van der Waals surface area contributed by atoms with Gasteiger partial charge < -0.3 is 14.6 Å². The van der Waals surface area contributed by atoms with E-state index in [0.717, 1.165) is 25.2 Å². The minimum atomic E-state index is -0.425. The zero-order chi connectivity index (χ0) is 21.6. The lowest BCUT2D eigenvalue weighted by Crippen LogP contribution is -2.55. The van der Waals surface area contributed by atoms with Crippen LogP contribution in [0.5, 0.6) is 0 Å². The summed E-state index contributed by atoms with van der Waals surface area (Å²) in [6.07, 6.45) is 4.15. The van der Waals surface area contributed by atoms with E-state index in [4.69, 9.17) is 4.74 Å². The molecule has 1 amide bonds. The number of ether oxygens (including phenoxy) is 1. The summed E-state index contributed by atoms with van der Waals surface area (Å²) < 4.78 is 8.22. The van der Waals surface area contributed by atoms with Crippen LogP contribution in [0.15, 0.2) is 42.7 Å². The molecule has 6 heteroatoms. The Bertz CT molecular complexity index is 1120. The third kappa shape index (κ3) is 3.54. The molecule has 2 aliphatic rings. The van der Waals surface area contributed by atoms with E-state index in [2.05, 4.69) is 64.9 Å². The number of benzene rings is 1. The van der Waals surface area contributed by atoms with Crippen molar-refractivity contribution in [1.82, 2.24) is 19.8 Å². The van der Waals surface area contributed by atoms with Crippen LogP contribution >= 0.6 is 0 Å². The highest BCUT2D eigenvalue weighted by Crippen LogP contribution is 2.39. The van der Waals surface area contributed by atoms with Crippen molar-refractivity contribution >= 4 is 16.8 Å². The monoisotopic (exact) mass is 418 g/mol. The van der Waals surface area contributed by atoms with Gasteiger partial charge in [-0.1, -0.05) is 18.2 Å². The predicted molar refractivity (Wildman–Crippen MR) is 121 cm³/mol. The van der Waals surface area contributed by atoms with Gasteiger partial charge in [0.05, 0.1) is 18.8 Å². The van der Waals surface area contributed by atoms with Crippen LogP contribution in [0, 0.1) is 13.8 Å². The van der Waals surface area contributed by atoms with Gasteiger partial charge in [-0.3, -0.25) is 14.7 Å². The molecule has 0 aliphatic carbocycles. The minimum absolute atomic E-state index is 0.0741. The number of aryl methyl sites for hydroxylation is 2. The van der Waals surface area contributed by atoms with Crippen LogP contribution in [-0.4, -0.2) is 52.2 Å². The van der Waals surface area contributed by atoms with Gasteiger partial charge in [0.2, 0.25) is 5.91 Å². The first kappa shape index (κ1) is 20.2. The van der Waals surface area contributed by atoms with Gasteiger partial charge in [-0.25, -0.2) is 0 Å². The van der Waals surface area contributed by atoms with Gasteiger partial charge >= 0.3 is 0 Å². The Morgan fingerprint density at radius 1 is 1.29 bits per heavy atom. The summed E-state index contributed by atoms with van der Waals surface area (Å²) in [7, 11) is 2.14. The summed E-state index contributed by atoms with van der Waals surface area (Å²) in [5.41, 5.74) is 5.93. The van der Waals surface area contributed by atoms with Crippen molar-refractivity contribution in [2.45, 2.75) is 38.3 Å². The maximum atomic E-state index is 12.5. The van der Waals surface area contributed by atoms with E-state index in [0.29, 0.717) is 19.6 Å². The number of hydrogen-bond acceptors (Lipinski definition) is 4. The topological polar surface area (TPSA) is 59.4 Å². The van der Waals surface area contributed by atoms with Gasteiger partial charge in [-0.2, -0.15) is 0 Å². The molecule has 31 heavy (non-hydrogen) atoms. The lowest BCUT2D eigenvalue weighted by molar-refractivity contribution is -0.122. The average molecular weight is 419 g/mol. The molecule has 0 unspecified atom stereocenters. The van der Waals surface area contributed by atoms with Gasteiger partial charge in [-0.05, 0) is 42.7 Å². The number of carbonyl (C=O) groups excluding carboxylic acids is 1. The Morgan fingerprint density at radius 2 is 2.16 bits per heavy atom. The maximum absolute atomic E-state index is 12.5. The minimum Gasteiger partial charge on any atom is -0.378 e. The second kappa shape index (κ2) is 7.77. The van der Waals surface area contributed by atoms with Crippen LogP contribution in [0.25, 0.3) is 10.9 Å². The average Bonchev–Trinajstić information content (AvgIpc) is 3.13. The van der Waals surface area contributed by atoms with Crippen LogP contribution in [0.1, 0.15) is 34.7 Å². The fraction of sp³-hybridized carbons (Fsp3) is 0.440. The fourth-order valence-corrected chi connectivity index (χ4v) is 5.38. The number of hydrogen-bond donors (Lipinski definition) is 1. The Hall–Kier alpha value is -2.70. The molecule has 162 valence electrons. The highest BCUT2D eigenvalue weighted by molar-refractivity contribution is 5.86. The number of nitrogens with one attached hydrogen (secondary N) is 1. The van der Waals surface area contributed by atoms with E-state index >= 15 is 0 Å². The van der Waals surface area contributed by atoms with Gasteiger partial charge in [0.25, 0.3) is 0 Å². The zero-order valence-electron chi connectivity index (χ0n) is 18.5. The van der Waals surface area contributed by atoms with Crippen LogP contribution < -0.4 is 5.32 Å². The first-order valence-electron chi connectivity index (χ1n) is 11.0. The molecule has 5 rings (SSSR count). The van der Waals surface area contributed by atoms with Crippen LogP contribution in [-0.2, 0) is 23.1 Å². The number of nitrogens with zero attached hydrogens (tertiary/aromatic N) is 3. The van der Waals surface area contributed by atoms with Crippen molar-refractivity contribution in [1.29, 1.82) is 0 Å². The number of carbonyl (C=O) groups is 1. The molecule has 2 atom stereocenters. The summed E-state index contributed by atoms with van der Waals surface area (Å²) in [6, 6.07) is 10.8. The number of likely N-dealkylation sites (tertiary alicyclic amines) is 1. The fourth-order valence-electron chi connectivity index (χ4n) is 5.38. The van der Waals surface area contributed by atoms with E-state index in [-0.39, 0.29) is 11.8 Å². The van der Waals surface area contributed by atoms with E-state index in [1.807, 2.05) is 12.3 Å². The molecule has 2 aliphatic heterocycles. The smallest absolute Gasteiger partial charge is 0.222 e. The Labute approximate surface area is 183 Å². The van der Waals surface area contributed by atoms with Crippen molar-refractivity contribution in [3.63, 3.8) is 0 Å². The third-order valence-electron chi connectivity index (χ3n) is 7.08. The van der Waals surface area contributed by atoms with E-state index in [1.54, 1.807) is 6.20 Å². The Kier molecular flexibility index (Phi) is 5.07. The molecular formula is C25H30N4O2. The van der Waals surface area contributed by atoms with Crippen LogP contribution in [0.3, 0.4) is 0 Å². The summed E-state index contributed by atoms with van der Waals surface area (Å²) in [5.74, 6) is 0.214. The largest absolute Gasteiger partial charge is 0.378 e. The predicted octanol–water partition coefficient (Wildman–Crippen LogP) is 3.06. The number of fused-ring (bicyclic) bond motifs is 1. The summed E-state index contributed by atoms with van der Waals surface area (Å²) in [4.78, 5) is 19.3. The molecule has 2 aromatic heterocycles. The number of amides is 1. The second-order valence-electron chi connectivity index (χ2n) is 9.16. The highest BCUT2D eigenvalue weighted by Gasteiger charge is 2.49. The maximum Gasteiger partial charge on any atom is 0.222 e. The van der Waals surface area contributed by atoms with Crippen molar-refractivity contribution in [2.24, 2.45) is 7.05 Å². The summed E-state index contributed by atoms with van der Waals surface area (Å²) in [6.45, 7) is 7.82.